The summed E-state index contributed by atoms with van der Waals surface area (Å²) in [6.07, 6.45) is 7.75. The smallest absolute Gasteiger partial charge is 0.0692 e. The molecule has 0 radical (unpaired) electrons. The minimum absolute atomic E-state index is 0.661. The Labute approximate surface area is 102 Å². The third-order valence-electron chi connectivity index (χ3n) is 3.88. The topological polar surface area (TPSA) is 46.0 Å². The van der Waals surface area contributed by atoms with Gasteiger partial charge in [0.1, 0.15) is 0 Å². The highest BCUT2D eigenvalue weighted by Gasteiger charge is 2.38. The van der Waals surface area contributed by atoms with Crippen molar-refractivity contribution >= 4 is 0 Å². The Kier molecular flexibility index (Phi) is 3.11. The van der Waals surface area contributed by atoms with E-state index in [2.05, 4.69) is 27.5 Å². The standard InChI is InChI=1S/C12H21N5/c1-10-8-11(9-17(10)12-2-3-12)13-4-6-16-7-5-14-15-16/h5,7,10-13H,2-4,6,8-9H2,1H3. The van der Waals surface area contributed by atoms with Crippen LogP contribution in [0, 0.1) is 0 Å². The maximum Gasteiger partial charge on any atom is 0.0692 e. The normalized spacial score (nSPS) is 29.9. The Bertz CT molecular complexity index is 346. The summed E-state index contributed by atoms with van der Waals surface area (Å²) in [4.78, 5) is 2.67. The molecular formula is C12H21N5. The minimum Gasteiger partial charge on any atom is -0.311 e. The molecule has 0 amide bonds. The Morgan fingerprint density at radius 3 is 3.00 bits per heavy atom. The molecule has 2 fully saturated rings. The van der Waals surface area contributed by atoms with E-state index in [-0.39, 0.29) is 0 Å². The largest absolute Gasteiger partial charge is 0.311 e. The van der Waals surface area contributed by atoms with Crippen LogP contribution in [-0.4, -0.2) is 51.1 Å². The van der Waals surface area contributed by atoms with Crippen molar-refractivity contribution in [3.05, 3.63) is 12.4 Å². The van der Waals surface area contributed by atoms with E-state index in [4.69, 9.17) is 0 Å². The predicted molar refractivity (Wildman–Crippen MR) is 65.6 cm³/mol. The van der Waals surface area contributed by atoms with Crippen LogP contribution in [0.1, 0.15) is 26.2 Å². The molecule has 2 atom stereocenters. The molecule has 2 unspecified atom stereocenters. The Morgan fingerprint density at radius 2 is 2.29 bits per heavy atom. The molecule has 0 bridgehead atoms. The van der Waals surface area contributed by atoms with E-state index in [9.17, 15) is 0 Å². The molecule has 1 aliphatic carbocycles. The van der Waals surface area contributed by atoms with E-state index in [0.29, 0.717) is 6.04 Å². The van der Waals surface area contributed by atoms with E-state index in [1.54, 1.807) is 6.20 Å². The summed E-state index contributed by atoms with van der Waals surface area (Å²) in [5, 5.41) is 11.4. The van der Waals surface area contributed by atoms with Crippen molar-refractivity contribution in [1.29, 1.82) is 0 Å². The molecule has 2 heterocycles. The highest BCUT2D eigenvalue weighted by atomic mass is 15.4. The SMILES string of the molecule is CC1CC(NCCn2ccnn2)CN1C1CC1. The number of rotatable bonds is 5. The van der Waals surface area contributed by atoms with Crippen molar-refractivity contribution in [3.63, 3.8) is 0 Å². The summed E-state index contributed by atoms with van der Waals surface area (Å²) in [7, 11) is 0. The number of aromatic nitrogens is 3. The number of likely N-dealkylation sites (tertiary alicyclic amines) is 1. The quantitative estimate of drug-likeness (QED) is 0.807. The van der Waals surface area contributed by atoms with Gasteiger partial charge in [0, 0.05) is 37.4 Å². The lowest BCUT2D eigenvalue weighted by atomic mass is 10.2. The van der Waals surface area contributed by atoms with Crippen LogP contribution in [0.3, 0.4) is 0 Å². The van der Waals surface area contributed by atoms with Crippen molar-refractivity contribution in [1.82, 2.24) is 25.2 Å². The van der Waals surface area contributed by atoms with Gasteiger partial charge in [-0.25, -0.2) is 0 Å². The molecule has 5 heteroatoms. The first-order chi connectivity index (χ1) is 8.33. The molecule has 0 aromatic carbocycles. The predicted octanol–water partition coefficient (Wildman–Crippen LogP) is 0.493. The molecule has 17 heavy (non-hydrogen) atoms. The van der Waals surface area contributed by atoms with Crippen LogP contribution in [-0.2, 0) is 6.54 Å². The number of hydrogen-bond donors (Lipinski definition) is 1. The third-order valence-corrected chi connectivity index (χ3v) is 3.88. The molecule has 1 saturated heterocycles. The zero-order valence-corrected chi connectivity index (χ0v) is 10.4. The summed E-state index contributed by atoms with van der Waals surface area (Å²) >= 11 is 0. The molecule has 0 spiro atoms. The van der Waals surface area contributed by atoms with Gasteiger partial charge < -0.3 is 5.32 Å². The van der Waals surface area contributed by atoms with E-state index >= 15 is 0 Å². The van der Waals surface area contributed by atoms with Crippen LogP contribution in [0.4, 0.5) is 0 Å². The van der Waals surface area contributed by atoms with Gasteiger partial charge in [-0.3, -0.25) is 9.58 Å². The van der Waals surface area contributed by atoms with E-state index in [0.717, 1.165) is 25.2 Å². The average Bonchev–Trinajstić information content (AvgIpc) is 2.89. The molecule has 5 nitrogen and oxygen atoms in total. The highest BCUT2D eigenvalue weighted by molar-refractivity contribution is 4.95. The minimum atomic E-state index is 0.661. The zero-order chi connectivity index (χ0) is 11.7. The number of nitrogens with one attached hydrogen (secondary N) is 1. The maximum absolute atomic E-state index is 3.96. The van der Waals surface area contributed by atoms with Crippen LogP contribution >= 0.6 is 0 Å². The molecule has 2 aliphatic rings. The van der Waals surface area contributed by atoms with Crippen LogP contribution < -0.4 is 5.32 Å². The van der Waals surface area contributed by atoms with Crippen molar-refractivity contribution in [3.8, 4) is 0 Å². The van der Waals surface area contributed by atoms with Crippen molar-refractivity contribution in [2.24, 2.45) is 0 Å². The summed E-state index contributed by atoms with van der Waals surface area (Å²) in [6.45, 7) is 5.48. The van der Waals surface area contributed by atoms with Gasteiger partial charge >= 0.3 is 0 Å². The zero-order valence-electron chi connectivity index (χ0n) is 10.4. The van der Waals surface area contributed by atoms with Crippen LogP contribution in [0.15, 0.2) is 12.4 Å². The fourth-order valence-corrected chi connectivity index (χ4v) is 2.85. The lowest BCUT2D eigenvalue weighted by molar-refractivity contribution is 0.255. The molecule has 1 aromatic rings. The number of hydrogen-bond acceptors (Lipinski definition) is 4. The Morgan fingerprint density at radius 1 is 1.41 bits per heavy atom. The summed E-state index contributed by atoms with van der Waals surface area (Å²) in [5.74, 6) is 0. The molecule has 3 rings (SSSR count). The van der Waals surface area contributed by atoms with Gasteiger partial charge in [0.2, 0.25) is 0 Å². The van der Waals surface area contributed by atoms with Gasteiger partial charge in [-0.2, -0.15) is 0 Å². The molecule has 1 aliphatic heterocycles. The molecule has 1 aromatic heterocycles. The number of nitrogens with zero attached hydrogens (tertiary/aromatic N) is 4. The first-order valence-corrected chi connectivity index (χ1v) is 6.66. The van der Waals surface area contributed by atoms with Gasteiger partial charge in [-0.15, -0.1) is 5.10 Å². The first kappa shape index (κ1) is 11.2. The van der Waals surface area contributed by atoms with E-state index < -0.39 is 0 Å². The lowest BCUT2D eigenvalue weighted by Crippen LogP contribution is -2.35. The second-order valence-electron chi connectivity index (χ2n) is 5.33. The average molecular weight is 235 g/mol. The molecular weight excluding hydrogens is 214 g/mol. The van der Waals surface area contributed by atoms with Gasteiger partial charge in [-0.05, 0) is 26.2 Å². The second-order valence-corrected chi connectivity index (χ2v) is 5.33. The van der Waals surface area contributed by atoms with Crippen LogP contribution in [0.5, 0.6) is 0 Å². The fourth-order valence-electron chi connectivity index (χ4n) is 2.85. The lowest BCUT2D eigenvalue weighted by Gasteiger charge is -2.19. The van der Waals surface area contributed by atoms with E-state index in [1.807, 2.05) is 10.9 Å². The van der Waals surface area contributed by atoms with Crippen molar-refractivity contribution in [2.45, 2.75) is 50.9 Å². The van der Waals surface area contributed by atoms with E-state index in [1.165, 1.54) is 25.8 Å². The van der Waals surface area contributed by atoms with Gasteiger partial charge in [0.05, 0.1) is 12.7 Å². The third kappa shape index (κ3) is 2.66. The van der Waals surface area contributed by atoms with Crippen molar-refractivity contribution < 1.29 is 0 Å². The molecule has 1 N–H and O–H groups in total. The molecule has 1 saturated carbocycles. The summed E-state index contributed by atoms with van der Waals surface area (Å²) < 4.78 is 1.88. The first-order valence-electron chi connectivity index (χ1n) is 6.66. The second kappa shape index (κ2) is 4.74. The van der Waals surface area contributed by atoms with Gasteiger partial charge in [0.15, 0.2) is 0 Å². The Hall–Kier alpha value is -0.940. The summed E-state index contributed by atoms with van der Waals surface area (Å²) in [6, 6.07) is 2.31. The van der Waals surface area contributed by atoms with Gasteiger partial charge in [-0.1, -0.05) is 5.21 Å². The van der Waals surface area contributed by atoms with Crippen LogP contribution in [0.25, 0.3) is 0 Å². The fraction of sp³-hybridized carbons (Fsp3) is 0.833. The molecule has 94 valence electrons. The van der Waals surface area contributed by atoms with Crippen molar-refractivity contribution in [2.75, 3.05) is 13.1 Å². The van der Waals surface area contributed by atoms with Crippen LogP contribution in [0.2, 0.25) is 0 Å². The monoisotopic (exact) mass is 235 g/mol. The highest BCUT2D eigenvalue weighted by Crippen LogP contribution is 2.33. The maximum atomic E-state index is 3.96. The summed E-state index contributed by atoms with van der Waals surface area (Å²) in [5.41, 5.74) is 0. The van der Waals surface area contributed by atoms with Gasteiger partial charge in [0.25, 0.3) is 0 Å². The Balaban J connectivity index is 1.41.